The quantitative estimate of drug-likeness (QED) is 0.867. The van der Waals surface area contributed by atoms with Crippen molar-refractivity contribution in [2.75, 3.05) is 26.0 Å². The summed E-state index contributed by atoms with van der Waals surface area (Å²) in [6.07, 6.45) is 3.68. The highest BCUT2D eigenvalue weighted by Gasteiger charge is 2.04. The molecule has 0 radical (unpaired) electrons. The van der Waals surface area contributed by atoms with Crippen LogP contribution in [0.25, 0.3) is 11.2 Å². The molecule has 1 amide bonds. The molecule has 0 saturated carbocycles. The smallest absolute Gasteiger partial charge is 0.223 e. The van der Waals surface area contributed by atoms with Crippen molar-refractivity contribution in [2.24, 2.45) is 0 Å². The van der Waals surface area contributed by atoms with Gasteiger partial charge in [-0.1, -0.05) is 0 Å². The van der Waals surface area contributed by atoms with Gasteiger partial charge in [0.1, 0.15) is 11.3 Å². The van der Waals surface area contributed by atoms with E-state index in [9.17, 15) is 4.79 Å². The van der Waals surface area contributed by atoms with Crippen LogP contribution in [0.15, 0.2) is 24.5 Å². The Morgan fingerprint density at radius 2 is 2.06 bits per heavy atom. The summed E-state index contributed by atoms with van der Waals surface area (Å²) in [5, 5.41) is 3.10. The van der Waals surface area contributed by atoms with Gasteiger partial charge in [0.05, 0.1) is 0 Å². The lowest BCUT2D eigenvalue weighted by Crippen LogP contribution is -2.24. The largest absolute Gasteiger partial charge is 0.369 e. The standard InChI is InChI=1S/C12H15N5O/c1-17(2)11(18)5-6-14-10-4-3-9-12(16-10)15-8-7-13-9/h3-4,7-8H,5-6H2,1-2H3,(H,14,15,16). The van der Waals surface area contributed by atoms with Gasteiger partial charge in [-0.25, -0.2) is 9.97 Å². The number of carbonyl (C=O) groups is 1. The summed E-state index contributed by atoms with van der Waals surface area (Å²) in [6.45, 7) is 0.551. The number of rotatable bonds is 4. The molecule has 0 fully saturated rings. The summed E-state index contributed by atoms with van der Waals surface area (Å²) < 4.78 is 0. The van der Waals surface area contributed by atoms with Crippen LogP contribution in [-0.2, 0) is 4.79 Å². The van der Waals surface area contributed by atoms with E-state index in [1.54, 1.807) is 31.4 Å². The highest BCUT2D eigenvalue weighted by molar-refractivity contribution is 5.76. The molecule has 0 aliphatic carbocycles. The van der Waals surface area contributed by atoms with Crippen molar-refractivity contribution in [3.8, 4) is 0 Å². The Morgan fingerprint density at radius 3 is 2.83 bits per heavy atom. The number of hydrogen-bond donors (Lipinski definition) is 1. The zero-order valence-corrected chi connectivity index (χ0v) is 10.4. The first-order valence-corrected chi connectivity index (χ1v) is 5.68. The van der Waals surface area contributed by atoms with Crippen LogP contribution in [0.2, 0.25) is 0 Å². The molecule has 0 aliphatic rings. The molecule has 6 heteroatoms. The van der Waals surface area contributed by atoms with E-state index in [4.69, 9.17) is 0 Å². The average Bonchev–Trinajstić information content (AvgIpc) is 2.38. The first kappa shape index (κ1) is 12.2. The highest BCUT2D eigenvalue weighted by Crippen LogP contribution is 2.09. The number of amides is 1. The number of carbonyl (C=O) groups excluding carboxylic acids is 1. The van der Waals surface area contributed by atoms with Gasteiger partial charge in [0.2, 0.25) is 5.91 Å². The molecule has 2 rings (SSSR count). The van der Waals surface area contributed by atoms with Crippen molar-refractivity contribution in [1.82, 2.24) is 19.9 Å². The minimum atomic E-state index is 0.0862. The number of aromatic nitrogens is 3. The minimum absolute atomic E-state index is 0.0862. The Morgan fingerprint density at radius 1 is 1.28 bits per heavy atom. The fraction of sp³-hybridized carbons (Fsp3) is 0.333. The summed E-state index contributed by atoms with van der Waals surface area (Å²) >= 11 is 0. The van der Waals surface area contributed by atoms with Gasteiger partial charge in [0.15, 0.2) is 5.65 Å². The van der Waals surface area contributed by atoms with Crippen LogP contribution in [0.3, 0.4) is 0 Å². The SMILES string of the molecule is CN(C)C(=O)CCNc1ccc2nccnc2n1. The van der Waals surface area contributed by atoms with Crippen LogP contribution >= 0.6 is 0 Å². The maximum atomic E-state index is 11.4. The van der Waals surface area contributed by atoms with Crippen LogP contribution in [0, 0.1) is 0 Å². The second-order valence-corrected chi connectivity index (χ2v) is 4.06. The van der Waals surface area contributed by atoms with Gasteiger partial charge in [-0.15, -0.1) is 0 Å². The molecule has 6 nitrogen and oxygen atoms in total. The molecule has 0 aliphatic heterocycles. The third-order valence-electron chi connectivity index (χ3n) is 2.48. The van der Waals surface area contributed by atoms with Crippen molar-refractivity contribution in [2.45, 2.75) is 6.42 Å². The molecular weight excluding hydrogens is 230 g/mol. The fourth-order valence-corrected chi connectivity index (χ4v) is 1.47. The van der Waals surface area contributed by atoms with E-state index >= 15 is 0 Å². The predicted octanol–water partition coefficient (Wildman–Crippen LogP) is 0.915. The molecular formula is C12H15N5O. The molecule has 1 N–H and O–H groups in total. The van der Waals surface area contributed by atoms with Crippen LogP contribution in [0.1, 0.15) is 6.42 Å². The van der Waals surface area contributed by atoms with E-state index in [2.05, 4.69) is 20.3 Å². The number of hydrogen-bond acceptors (Lipinski definition) is 5. The van der Waals surface area contributed by atoms with Crippen LogP contribution in [0.5, 0.6) is 0 Å². The van der Waals surface area contributed by atoms with Gasteiger partial charge in [0, 0.05) is 39.5 Å². The maximum absolute atomic E-state index is 11.4. The van der Waals surface area contributed by atoms with Crippen molar-refractivity contribution in [3.63, 3.8) is 0 Å². The normalized spacial score (nSPS) is 10.3. The number of fused-ring (bicyclic) bond motifs is 1. The topological polar surface area (TPSA) is 71.0 Å². The molecule has 2 aromatic heterocycles. The van der Waals surface area contributed by atoms with Gasteiger partial charge in [-0.2, -0.15) is 0 Å². The summed E-state index contributed by atoms with van der Waals surface area (Å²) in [6, 6.07) is 3.68. The molecule has 0 atom stereocenters. The first-order chi connectivity index (χ1) is 8.66. The van der Waals surface area contributed by atoms with Crippen molar-refractivity contribution >= 4 is 22.9 Å². The lowest BCUT2D eigenvalue weighted by atomic mass is 10.3. The Labute approximate surface area is 105 Å². The number of nitrogens with zero attached hydrogens (tertiary/aromatic N) is 4. The third kappa shape index (κ3) is 2.91. The van der Waals surface area contributed by atoms with Gasteiger partial charge in [-0.05, 0) is 12.1 Å². The molecule has 0 saturated heterocycles. The third-order valence-corrected chi connectivity index (χ3v) is 2.48. The number of nitrogens with one attached hydrogen (secondary N) is 1. The Bertz CT molecular complexity index is 555. The zero-order chi connectivity index (χ0) is 13.0. The first-order valence-electron chi connectivity index (χ1n) is 5.68. The number of pyridine rings is 1. The minimum Gasteiger partial charge on any atom is -0.369 e. The molecule has 0 bridgehead atoms. The van der Waals surface area contributed by atoms with E-state index < -0.39 is 0 Å². The van der Waals surface area contributed by atoms with Crippen molar-refractivity contribution < 1.29 is 4.79 Å². The van der Waals surface area contributed by atoms with Gasteiger partial charge < -0.3 is 10.2 Å². The molecule has 2 aromatic rings. The molecule has 18 heavy (non-hydrogen) atoms. The van der Waals surface area contributed by atoms with Gasteiger partial charge >= 0.3 is 0 Å². The highest BCUT2D eigenvalue weighted by atomic mass is 16.2. The van der Waals surface area contributed by atoms with E-state index in [0.29, 0.717) is 24.4 Å². The van der Waals surface area contributed by atoms with E-state index in [1.807, 2.05) is 12.1 Å². The molecule has 2 heterocycles. The second-order valence-electron chi connectivity index (χ2n) is 4.06. The Kier molecular flexibility index (Phi) is 3.66. The molecule has 0 spiro atoms. The second kappa shape index (κ2) is 5.39. The lowest BCUT2D eigenvalue weighted by molar-refractivity contribution is -0.128. The summed E-state index contributed by atoms with van der Waals surface area (Å²) in [5.74, 6) is 0.789. The summed E-state index contributed by atoms with van der Waals surface area (Å²) in [4.78, 5) is 25.5. The van der Waals surface area contributed by atoms with Crippen LogP contribution < -0.4 is 5.32 Å². The lowest BCUT2D eigenvalue weighted by Gasteiger charge is -2.10. The van der Waals surface area contributed by atoms with Crippen LogP contribution in [0.4, 0.5) is 5.82 Å². The zero-order valence-electron chi connectivity index (χ0n) is 10.4. The van der Waals surface area contributed by atoms with Gasteiger partial charge in [0.25, 0.3) is 0 Å². The maximum Gasteiger partial charge on any atom is 0.223 e. The number of anilines is 1. The predicted molar refractivity (Wildman–Crippen MR) is 69.1 cm³/mol. The van der Waals surface area contributed by atoms with E-state index in [0.717, 1.165) is 5.52 Å². The molecule has 0 aromatic carbocycles. The van der Waals surface area contributed by atoms with Crippen LogP contribution in [-0.4, -0.2) is 46.4 Å². The van der Waals surface area contributed by atoms with Gasteiger partial charge in [-0.3, -0.25) is 9.78 Å². The average molecular weight is 245 g/mol. The Hall–Kier alpha value is -2.24. The fourth-order valence-electron chi connectivity index (χ4n) is 1.47. The monoisotopic (exact) mass is 245 g/mol. The molecule has 94 valence electrons. The Balaban J connectivity index is 1.98. The summed E-state index contributed by atoms with van der Waals surface area (Å²) in [7, 11) is 3.48. The van der Waals surface area contributed by atoms with Crippen molar-refractivity contribution in [1.29, 1.82) is 0 Å². The van der Waals surface area contributed by atoms with E-state index in [1.165, 1.54) is 0 Å². The molecule has 0 unspecified atom stereocenters. The summed E-state index contributed by atoms with van der Waals surface area (Å²) in [5.41, 5.74) is 1.36. The van der Waals surface area contributed by atoms with Crippen molar-refractivity contribution in [3.05, 3.63) is 24.5 Å². The van der Waals surface area contributed by atoms with E-state index in [-0.39, 0.29) is 5.91 Å².